The third-order valence-electron chi connectivity index (χ3n) is 3.96. The van der Waals surface area contributed by atoms with Gasteiger partial charge in [0.25, 0.3) is 0 Å². The lowest BCUT2D eigenvalue weighted by molar-refractivity contribution is 0.757. The van der Waals surface area contributed by atoms with Crippen molar-refractivity contribution in [2.75, 3.05) is 0 Å². The van der Waals surface area contributed by atoms with Crippen LogP contribution in [-0.2, 0) is 7.05 Å². The molecule has 3 aromatic rings. The Bertz CT molecular complexity index is 853. The van der Waals surface area contributed by atoms with Crippen molar-refractivity contribution in [2.45, 2.75) is 13.0 Å². The smallest absolute Gasteiger partial charge is 0.102 e. The number of hydrogen-bond donors (Lipinski definition) is 1. The van der Waals surface area contributed by atoms with Gasteiger partial charge in [-0.2, -0.15) is 5.26 Å². The Morgan fingerprint density at radius 3 is 2.62 bits per heavy atom. The first kappa shape index (κ1) is 13.4. The predicted molar refractivity (Wildman–Crippen MR) is 84.8 cm³/mol. The van der Waals surface area contributed by atoms with Crippen molar-refractivity contribution >= 4 is 10.9 Å². The van der Waals surface area contributed by atoms with E-state index in [1.165, 1.54) is 5.56 Å². The molecule has 1 atom stereocenters. The zero-order valence-electron chi connectivity index (χ0n) is 12.2. The van der Waals surface area contributed by atoms with E-state index in [1.807, 2.05) is 61.0 Å². The maximum atomic E-state index is 9.56. The van der Waals surface area contributed by atoms with Gasteiger partial charge in [-0.15, -0.1) is 0 Å². The molecule has 3 nitrogen and oxygen atoms in total. The van der Waals surface area contributed by atoms with Crippen LogP contribution in [0.1, 0.15) is 28.4 Å². The number of rotatable bonds is 2. The summed E-state index contributed by atoms with van der Waals surface area (Å²) in [6.07, 6.45) is 0. The first-order valence-electron chi connectivity index (χ1n) is 6.93. The molecule has 3 rings (SSSR count). The fraction of sp³-hybridized carbons (Fsp3) is 0.167. The Kier molecular flexibility index (Phi) is 3.25. The van der Waals surface area contributed by atoms with E-state index in [1.54, 1.807) is 0 Å². The zero-order chi connectivity index (χ0) is 15.0. The molecule has 0 amide bonds. The monoisotopic (exact) mass is 275 g/mol. The predicted octanol–water partition coefficient (Wildman–Crippen LogP) is 3.41. The van der Waals surface area contributed by atoms with E-state index < -0.39 is 0 Å². The van der Waals surface area contributed by atoms with Crippen LogP contribution in [0.15, 0.2) is 48.5 Å². The molecule has 104 valence electrons. The fourth-order valence-electron chi connectivity index (χ4n) is 2.92. The summed E-state index contributed by atoms with van der Waals surface area (Å²) in [5.41, 5.74) is 11.2. The van der Waals surface area contributed by atoms with Gasteiger partial charge in [-0.1, -0.05) is 48.0 Å². The first-order chi connectivity index (χ1) is 10.1. The second kappa shape index (κ2) is 5.08. The van der Waals surface area contributed by atoms with Crippen LogP contribution in [-0.4, -0.2) is 4.57 Å². The highest BCUT2D eigenvalue weighted by molar-refractivity contribution is 5.88. The van der Waals surface area contributed by atoms with E-state index >= 15 is 0 Å². The van der Waals surface area contributed by atoms with Gasteiger partial charge in [0.05, 0.1) is 17.3 Å². The zero-order valence-corrected chi connectivity index (χ0v) is 12.2. The largest absolute Gasteiger partial charge is 0.345 e. The average Bonchev–Trinajstić information content (AvgIpc) is 2.79. The molecule has 3 heteroatoms. The molecule has 0 bridgehead atoms. The molecule has 0 saturated heterocycles. The summed E-state index contributed by atoms with van der Waals surface area (Å²) >= 11 is 0. The Labute approximate surface area is 124 Å². The van der Waals surface area contributed by atoms with Gasteiger partial charge in [0.1, 0.15) is 6.07 Å². The summed E-state index contributed by atoms with van der Waals surface area (Å²) in [5.74, 6) is 0. The van der Waals surface area contributed by atoms with E-state index in [9.17, 15) is 5.26 Å². The minimum absolute atomic E-state index is 0.308. The molecule has 0 aliphatic heterocycles. The molecule has 1 aromatic heterocycles. The Morgan fingerprint density at radius 2 is 1.90 bits per heavy atom. The first-order valence-corrected chi connectivity index (χ1v) is 6.93. The molecular formula is C18H17N3. The SMILES string of the molecule is Cc1cccc(C(N)c2c(C#N)c3ccccc3n2C)c1. The molecule has 0 radical (unpaired) electrons. The van der Waals surface area contributed by atoms with Crippen molar-refractivity contribution in [3.63, 3.8) is 0 Å². The average molecular weight is 275 g/mol. The normalized spacial score (nSPS) is 12.3. The minimum Gasteiger partial charge on any atom is -0.345 e. The molecule has 1 heterocycles. The van der Waals surface area contributed by atoms with Crippen molar-refractivity contribution in [1.29, 1.82) is 5.26 Å². The number of para-hydroxylation sites is 1. The Morgan fingerprint density at radius 1 is 1.14 bits per heavy atom. The lowest BCUT2D eigenvalue weighted by atomic mass is 9.99. The van der Waals surface area contributed by atoms with Gasteiger partial charge in [-0.25, -0.2) is 0 Å². The second-order valence-corrected chi connectivity index (χ2v) is 5.34. The molecular weight excluding hydrogens is 258 g/mol. The molecule has 0 fully saturated rings. The molecule has 2 aromatic carbocycles. The van der Waals surface area contributed by atoms with E-state index in [0.717, 1.165) is 22.2 Å². The summed E-state index contributed by atoms with van der Waals surface area (Å²) in [7, 11) is 1.97. The third-order valence-corrected chi connectivity index (χ3v) is 3.96. The van der Waals surface area contributed by atoms with Gasteiger partial charge in [0, 0.05) is 18.0 Å². The van der Waals surface area contributed by atoms with E-state index in [-0.39, 0.29) is 6.04 Å². The number of benzene rings is 2. The quantitative estimate of drug-likeness (QED) is 0.779. The van der Waals surface area contributed by atoms with Crippen LogP contribution in [0.2, 0.25) is 0 Å². The van der Waals surface area contributed by atoms with Crippen molar-refractivity contribution in [3.8, 4) is 6.07 Å². The van der Waals surface area contributed by atoms with Crippen LogP contribution >= 0.6 is 0 Å². The summed E-state index contributed by atoms with van der Waals surface area (Å²) in [6, 6.07) is 18.1. The number of nitriles is 1. The number of aromatic nitrogens is 1. The van der Waals surface area contributed by atoms with Crippen molar-refractivity contribution in [2.24, 2.45) is 12.8 Å². The van der Waals surface area contributed by atoms with E-state index in [4.69, 9.17) is 5.73 Å². The van der Waals surface area contributed by atoms with Crippen LogP contribution in [0.3, 0.4) is 0 Å². The van der Waals surface area contributed by atoms with E-state index in [0.29, 0.717) is 5.56 Å². The van der Waals surface area contributed by atoms with Crippen molar-refractivity contribution in [1.82, 2.24) is 4.57 Å². The second-order valence-electron chi connectivity index (χ2n) is 5.34. The molecule has 0 saturated carbocycles. The highest BCUT2D eigenvalue weighted by Crippen LogP contribution is 2.31. The molecule has 2 N–H and O–H groups in total. The minimum atomic E-state index is -0.308. The van der Waals surface area contributed by atoms with Crippen LogP contribution in [0.4, 0.5) is 0 Å². The van der Waals surface area contributed by atoms with Gasteiger partial charge in [-0.05, 0) is 18.6 Å². The van der Waals surface area contributed by atoms with Crippen molar-refractivity contribution in [3.05, 3.63) is 70.9 Å². The van der Waals surface area contributed by atoms with Gasteiger partial charge in [0.15, 0.2) is 0 Å². The number of hydrogen-bond acceptors (Lipinski definition) is 2. The Balaban J connectivity index is 2.25. The van der Waals surface area contributed by atoms with Gasteiger partial charge in [0.2, 0.25) is 0 Å². The van der Waals surface area contributed by atoms with Gasteiger partial charge in [-0.3, -0.25) is 0 Å². The van der Waals surface area contributed by atoms with Crippen molar-refractivity contribution < 1.29 is 0 Å². The molecule has 0 aliphatic rings. The van der Waals surface area contributed by atoms with E-state index in [2.05, 4.69) is 12.1 Å². The van der Waals surface area contributed by atoms with Gasteiger partial charge < -0.3 is 10.3 Å². The highest BCUT2D eigenvalue weighted by atomic mass is 15.0. The maximum Gasteiger partial charge on any atom is 0.102 e. The topological polar surface area (TPSA) is 54.7 Å². The summed E-state index contributed by atoms with van der Waals surface area (Å²) < 4.78 is 2.03. The number of nitrogens with two attached hydrogens (primary N) is 1. The maximum absolute atomic E-state index is 9.56. The summed E-state index contributed by atoms with van der Waals surface area (Å²) in [6.45, 7) is 2.04. The fourth-order valence-corrected chi connectivity index (χ4v) is 2.92. The standard InChI is InChI=1S/C18H17N3/c1-12-6-5-7-13(10-12)17(20)18-15(11-19)14-8-3-4-9-16(14)21(18)2/h3-10,17H,20H2,1-2H3. The number of nitrogens with zero attached hydrogens (tertiary/aromatic N) is 2. The Hall–Kier alpha value is -2.57. The molecule has 1 unspecified atom stereocenters. The van der Waals surface area contributed by atoms with Crippen LogP contribution in [0.25, 0.3) is 10.9 Å². The molecule has 0 aliphatic carbocycles. The molecule has 0 spiro atoms. The van der Waals surface area contributed by atoms with Gasteiger partial charge >= 0.3 is 0 Å². The highest BCUT2D eigenvalue weighted by Gasteiger charge is 2.21. The van der Waals surface area contributed by atoms with Crippen LogP contribution < -0.4 is 5.73 Å². The third kappa shape index (κ3) is 2.10. The lowest BCUT2D eigenvalue weighted by Gasteiger charge is -2.15. The molecule has 21 heavy (non-hydrogen) atoms. The van der Waals surface area contributed by atoms with Crippen LogP contribution in [0.5, 0.6) is 0 Å². The number of aryl methyl sites for hydroxylation is 2. The lowest BCUT2D eigenvalue weighted by Crippen LogP contribution is -2.16. The summed E-state index contributed by atoms with van der Waals surface area (Å²) in [4.78, 5) is 0. The van der Waals surface area contributed by atoms with Crippen LogP contribution in [0, 0.1) is 18.3 Å². The number of fused-ring (bicyclic) bond motifs is 1. The summed E-state index contributed by atoms with van der Waals surface area (Å²) in [5, 5.41) is 10.5.